The molecule has 0 saturated carbocycles. The van der Waals surface area contributed by atoms with Gasteiger partial charge in [-0.25, -0.2) is 14.8 Å². The molecule has 3 atom stereocenters. The number of amides is 4. The number of halogens is 1. The number of likely N-dealkylation sites (N-methyl/N-ethyl adjacent to an activating group) is 1. The molecule has 0 unspecified atom stereocenters. The van der Waals surface area contributed by atoms with E-state index in [4.69, 9.17) is 11.6 Å². The van der Waals surface area contributed by atoms with Gasteiger partial charge >= 0.3 is 6.03 Å². The highest BCUT2D eigenvalue weighted by Gasteiger charge is 2.55. The highest BCUT2D eigenvalue weighted by Crippen LogP contribution is 2.34. The Kier molecular flexibility index (Phi) is 8.56. The van der Waals surface area contributed by atoms with Crippen LogP contribution in [-0.4, -0.2) is 88.2 Å². The van der Waals surface area contributed by atoms with Gasteiger partial charge in [-0.15, -0.1) is 0 Å². The Labute approximate surface area is 250 Å². The first-order valence-corrected chi connectivity index (χ1v) is 14.2. The van der Waals surface area contributed by atoms with Crippen molar-refractivity contribution in [1.82, 2.24) is 25.1 Å². The first-order valence-electron chi connectivity index (χ1n) is 13.8. The number of urea groups is 1. The topological polar surface area (TPSA) is 99.7 Å². The number of anilines is 1. The van der Waals surface area contributed by atoms with Gasteiger partial charge in [0.05, 0.1) is 6.54 Å². The summed E-state index contributed by atoms with van der Waals surface area (Å²) in [5.41, 5.74) is 2.50. The Balaban J connectivity index is 1.50. The third-order valence-corrected chi connectivity index (χ3v) is 8.10. The number of carbonyl (C=O) groups is 3. The van der Waals surface area contributed by atoms with Gasteiger partial charge in [-0.1, -0.05) is 66.2 Å². The third kappa shape index (κ3) is 6.00. The molecule has 3 aromatic rings. The van der Waals surface area contributed by atoms with E-state index in [1.165, 1.54) is 9.91 Å². The van der Waals surface area contributed by atoms with E-state index in [0.717, 1.165) is 22.4 Å². The first-order chi connectivity index (χ1) is 20.1. The van der Waals surface area contributed by atoms with Gasteiger partial charge < -0.3 is 25.1 Å². The molecular weight excluding hydrogens is 556 g/mol. The number of benzene rings is 3. The smallest absolute Gasteiger partial charge is 0.334 e. The Hall–Kier alpha value is -4.28. The van der Waals surface area contributed by atoms with Crippen LogP contribution in [0.4, 0.5) is 10.5 Å². The molecule has 220 valence electrons. The van der Waals surface area contributed by atoms with Crippen molar-refractivity contribution in [2.75, 3.05) is 32.6 Å². The number of nitrogens with zero attached hydrogens (tertiary/aromatic N) is 5. The zero-order valence-electron chi connectivity index (χ0n) is 23.9. The molecule has 5 rings (SSSR count). The number of carbonyl (C=O) groups excluding carboxylic acids is 3. The summed E-state index contributed by atoms with van der Waals surface area (Å²) in [6.07, 6.45) is -0.756. The lowest BCUT2D eigenvalue weighted by molar-refractivity contribution is -0.191. The molecule has 0 radical (unpaired) electrons. The second-order valence-corrected chi connectivity index (χ2v) is 11.3. The third-order valence-electron chi connectivity index (χ3n) is 7.64. The lowest BCUT2D eigenvalue weighted by Gasteiger charge is -2.56. The fraction of sp³-hybridized carbons (Fsp3) is 0.323. The minimum absolute atomic E-state index is 0.0941. The van der Waals surface area contributed by atoms with Crippen LogP contribution in [0.3, 0.4) is 0 Å². The van der Waals surface area contributed by atoms with Crippen molar-refractivity contribution in [2.45, 2.75) is 37.2 Å². The first kappa shape index (κ1) is 29.2. The van der Waals surface area contributed by atoms with E-state index >= 15 is 0 Å². The number of rotatable bonds is 7. The van der Waals surface area contributed by atoms with E-state index in [0.29, 0.717) is 0 Å². The van der Waals surface area contributed by atoms with Crippen LogP contribution in [0.15, 0.2) is 78.9 Å². The van der Waals surface area contributed by atoms with E-state index in [9.17, 15) is 19.5 Å². The minimum Gasteiger partial charge on any atom is -0.508 e. The maximum Gasteiger partial charge on any atom is 0.334 e. The largest absolute Gasteiger partial charge is 0.508 e. The lowest BCUT2D eigenvalue weighted by Crippen LogP contribution is -2.78. The molecule has 2 aliphatic rings. The van der Waals surface area contributed by atoms with Crippen LogP contribution < -0.4 is 10.2 Å². The average Bonchev–Trinajstić information content (AvgIpc) is 2.98. The minimum atomic E-state index is -1.02. The Morgan fingerprint density at radius 2 is 1.67 bits per heavy atom. The number of phenolic OH excluding ortho intramolecular Hbond substituents is 1. The molecule has 0 aliphatic carbocycles. The van der Waals surface area contributed by atoms with Gasteiger partial charge in [-0.05, 0) is 41.0 Å². The normalized spacial score (nSPS) is 20.9. The molecule has 2 saturated heterocycles. The molecule has 2 aliphatic heterocycles. The number of fused-ring (bicyclic) bond motifs is 1. The van der Waals surface area contributed by atoms with E-state index in [1.54, 1.807) is 41.2 Å². The number of nitrogens with one attached hydrogen (secondary N) is 1. The number of hydrogen-bond acceptors (Lipinski definition) is 6. The summed E-state index contributed by atoms with van der Waals surface area (Å²) in [4.78, 5) is 46.4. The van der Waals surface area contributed by atoms with E-state index in [1.807, 2.05) is 73.6 Å². The van der Waals surface area contributed by atoms with Crippen LogP contribution >= 0.6 is 11.6 Å². The molecule has 2 N–H and O–H groups in total. The van der Waals surface area contributed by atoms with Gasteiger partial charge in [0.1, 0.15) is 17.3 Å². The Morgan fingerprint density at radius 1 is 0.976 bits per heavy atom. The maximum atomic E-state index is 14.2. The molecule has 2 heterocycles. The summed E-state index contributed by atoms with van der Waals surface area (Å²) in [6, 6.07) is 22.5. The zero-order chi connectivity index (χ0) is 30.0. The monoisotopic (exact) mass is 590 g/mol. The standard InChI is InChI=1S/C31H35ClN6O4/c1-34(2)24-11-7-10-23(16-24)19-36-28(32)29-37(26(30(36)41)17-21-12-14-25(39)15-13-21)27(40)20-35(3)38(29)31(42)33-18-22-8-5-4-6-9-22/h4-16,26,28-29,39H,17-20H2,1-3H3,(H,33,42)/t26-,28+,29-/m0/s1. The van der Waals surface area contributed by atoms with Gasteiger partial charge in [0.15, 0.2) is 6.17 Å². The molecule has 4 amide bonds. The van der Waals surface area contributed by atoms with Gasteiger partial charge in [0.2, 0.25) is 11.8 Å². The summed E-state index contributed by atoms with van der Waals surface area (Å²) in [6.45, 7) is 0.389. The summed E-state index contributed by atoms with van der Waals surface area (Å²) in [5, 5.41) is 15.7. The second-order valence-electron chi connectivity index (χ2n) is 10.8. The fourth-order valence-electron chi connectivity index (χ4n) is 5.49. The van der Waals surface area contributed by atoms with Crippen LogP contribution in [0.2, 0.25) is 0 Å². The summed E-state index contributed by atoms with van der Waals surface area (Å²) in [5.74, 6) is -0.504. The molecule has 0 spiro atoms. The molecule has 0 aromatic heterocycles. The fourth-order valence-corrected chi connectivity index (χ4v) is 5.88. The number of aromatic hydroxyl groups is 1. The molecule has 42 heavy (non-hydrogen) atoms. The van der Waals surface area contributed by atoms with Gasteiger partial charge in [-0.2, -0.15) is 0 Å². The number of phenols is 1. The Morgan fingerprint density at radius 3 is 2.36 bits per heavy atom. The quantitative estimate of drug-likeness (QED) is 0.324. The molecular formula is C31H35ClN6O4. The van der Waals surface area contributed by atoms with Crippen molar-refractivity contribution >= 4 is 35.1 Å². The van der Waals surface area contributed by atoms with Crippen molar-refractivity contribution < 1.29 is 19.5 Å². The van der Waals surface area contributed by atoms with Crippen molar-refractivity contribution in [2.24, 2.45) is 0 Å². The number of hydrogen-bond donors (Lipinski definition) is 2. The average molecular weight is 591 g/mol. The van der Waals surface area contributed by atoms with E-state index in [2.05, 4.69) is 5.32 Å². The van der Waals surface area contributed by atoms with Crippen LogP contribution in [0.25, 0.3) is 0 Å². The van der Waals surface area contributed by atoms with Crippen LogP contribution in [0.5, 0.6) is 5.75 Å². The predicted octanol–water partition coefficient (Wildman–Crippen LogP) is 3.20. The second kappa shape index (κ2) is 12.3. The predicted molar refractivity (Wildman–Crippen MR) is 160 cm³/mol. The number of alkyl halides is 1. The van der Waals surface area contributed by atoms with Crippen molar-refractivity contribution in [1.29, 1.82) is 0 Å². The highest BCUT2D eigenvalue weighted by atomic mass is 35.5. The highest BCUT2D eigenvalue weighted by molar-refractivity contribution is 6.22. The molecule has 10 nitrogen and oxygen atoms in total. The van der Waals surface area contributed by atoms with E-state index in [-0.39, 0.29) is 43.6 Å². The van der Waals surface area contributed by atoms with Gasteiger partial charge in [-0.3, -0.25) is 9.59 Å². The van der Waals surface area contributed by atoms with Crippen molar-refractivity contribution in [3.63, 3.8) is 0 Å². The lowest BCUT2D eigenvalue weighted by atomic mass is 9.98. The summed E-state index contributed by atoms with van der Waals surface area (Å²) in [7, 11) is 5.55. The summed E-state index contributed by atoms with van der Waals surface area (Å²) >= 11 is 7.10. The SMILES string of the molecule is CN(C)c1cccc(CN2C(=O)[C@H](Cc3ccc(O)cc3)N3C(=O)CN(C)N(C(=O)NCc4ccccc4)[C@H]3[C@@H]2Cl)c1. The van der Waals surface area contributed by atoms with E-state index < -0.39 is 23.7 Å². The van der Waals surface area contributed by atoms with Crippen molar-refractivity contribution in [3.05, 3.63) is 95.6 Å². The van der Waals surface area contributed by atoms with Crippen LogP contribution in [0.1, 0.15) is 16.7 Å². The molecule has 3 aromatic carbocycles. The van der Waals surface area contributed by atoms with Crippen LogP contribution in [-0.2, 0) is 29.1 Å². The number of piperazine rings is 1. The summed E-state index contributed by atoms with van der Waals surface area (Å²) < 4.78 is 0. The number of hydrazine groups is 1. The van der Waals surface area contributed by atoms with Gasteiger partial charge in [0.25, 0.3) is 0 Å². The maximum absolute atomic E-state index is 14.2. The molecule has 0 bridgehead atoms. The molecule has 2 fully saturated rings. The van der Waals surface area contributed by atoms with Crippen molar-refractivity contribution in [3.8, 4) is 5.75 Å². The Bertz CT molecular complexity index is 1440. The molecule has 11 heteroatoms. The van der Waals surface area contributed by atoms with Crippen LogP contribution in [0, 0.1) is 0 Å². The zero-order valence-corrected chi connectivity index (χ0v) is 24.6. The van der Waals surface area contributed by atoms with Gasteiger partial charge in [0, 0.05) is 46.3 Å².